The molecule has 1 atom stereocenters. The molecule has 1 aliphatic carbocycles. The second-order valence-electron chi connectivity index (χ2n) is 7.21. The lowest BCUT2D eigenvalue weighted by molar-refractivity contribution is 0.0612. The van der Waals surface area contributed by atoms with E-state index in [0.29, 0.717) is 17.9 Å². The lowest BCUT2D eigenvalue weighted by Gasteiger charge is -2.28. The molecule has 1 saturated carbocycles. The van der Waals surface area contributed by atoms with Gasteiger partial charge in [-0.25, -0.2) is 0 Å². The van der Waals surface area contributed by atoms with Crippen molar-refractivity contribution in [2.75, 3.05) is 13.2 Å². The summed E-state index contributed by atoms with van der Waals surface area (Å²) in [5, 5.41) is 3.51. The number of halogens is 1. The van der Waals surface area contributed by atoms with E-state index in [-0.39, 0.29) is 30.0 Å². The van der Waals surface area contributed by atoms with Crippen LogP contribution in [-0.2, 0) is 4.74 Å². The van der Waals surface area contributed by atoms with Crippen molar-refractivity contribution in [3.05, 3.63) is 35.9 Å². The van der Waals surface area contributed by atoms with Gasteiger partial charge in [0.25, 0.3) is 0 Å². The van der Waals surface area contributed by atoms with Crippen molar-refractivity contribution in [3.63, 3.8) is 0 Å². The van der Waals surface area contributed by atoms with Crippen molar-refractivity contribution < 1.29 is 4.74 Å². The fraction of sp³-hybridized carbons (Fsp3) is 0.650. The van der Waals surface area contributed by atoms with E-state index in [2.05, 4.69) is 35.6 Å². The first-order chi connectivity index (χ1) is 11.8. The van der Waals surface area contributed by atoms with E-state index < -0.39 is 0 Å². The van der Waals surface area contributed by atoms with E-state index in [4.69, 9.17) is 15.5 Å². The van der Waals surface area contributed by atoms with Crippen LogP contribution < -0.4 is 11.1 Å². The largest absolute Gasteiger partial charge is 0.381 e. The van der Waals surface area contributed by atoms with Gasteiger partial charge in [-0.05, 0) is 43.6 Å². The third-order valence-corrected chi connectivity index (χ3v) is 5.33. The minimum Gasteiger partial charge on any atom is -0.381 e. The van der Waals surface area contributed by atoms with Crippen LogP contribution >= 0.6 is 24.0 Å². The van der Waals surface area contributed by atoms with Crippen molar-refractivity contribution in [2.24, 2.45) is 16.6 Å². The van der Waals surface area contributed by atoms with Crippen molar-refractivity contribution in [3.8, 4) is 0 Å². The summed E-state index contributed by atoms with van der Waals surface area (Å²) in [5.41, 5.74) is 7.56. The van der Waals surface area contributed by atoms with Crippen molar-refractivity contribution in [1.82, 2.24) is 5.32 Å². The third kappa shape index (κ3) is 6.77. The van der Waals surface area contributed by atoms with Gasteiger partial charge in [0, 0.05) is 13.2 Å². The summed E-state index contributed by atoms with van der Waals surface area (Å²) in [6, 6.07) is 11.3. The molecule has 1 heterocycles. The number of benzene rings is 1. The van der Waals surface area contributed by atoms with Crippen LogP contribution in [0.4, 0.5) is 0 Å². The Kier molecular flexibility index (Phi) is 9.03. The molecular weight excluding hydrogens is 425 g/mol. The molecule has 140 valence electrons. The number of ether oxygens (including phenoxy) is 1. The van der Waals surface area contributed by atoms with Crippen molar-refractivity contribution in [2.45, 2.75) is 63.5 Å². The molecule has 1 saturated heterocycles. The number of nitrogens with one attached hydrogen (secondary N) is 1. The van der Waals surface area contributed by atoms with Gasteiger partial charge in [-0.15, -0.1) is 24.0 Å². The van der Waals surface area contributed by atoms with E-state index in [1.54, 1.807) is 0 Å². The number of hydrogen-bond donors (Lipinski definition) is 2. The molecule has 1 aliphatic heterocycles. The zero-order chi connectivity index (χ0) is 16.6. The summed E-state index contributed by atoms with van der Waals surface area (Å²) in [6.45, 7) is 1.77. The second kappa shape index (κ2) is 11.0. The number of rotatable bonds is 5. The average molecular weight is 457 g/mol. The molecule has 0 bridgehead atoms. The number of nitrogens with two attached hydrogens (primary N) is 1. The van der Waals surface area contributed by atoms with Crippen LogP contribution in [0.1, 0.15) is 63.0 Å². The van der Waals surface area contributed by atoms with Crippen LogP contribution in [0, 0.1) is 5.92 Å². The molecule has 1 aromatic carbocycles. The Morgan fingerprint density at radius 3 is 2.44 bits per heavy atom. The smallest absolute Gasteiger partial charge is 0.189 e. The SMILES string of the molecule is I.NC(=NC1CCCCC1)NC(CC1CCOCC1)c1ccccc1. The van der Waals surface area contributed by atoms with Crippen LogP contribution in [-0.4, -0.2) is 25.2 Å². The van der Waals surface area contributed by atoms with E-state index in [1.165, 1.54) is 37.7 Å². The predicted octanol–water partition coefficient (Wildman–Crippen LogP) is 4.40. The topological polar surface area (TPSA) is 59.6 Å². The highest BCUT2D eigenvalue weighted by atomic mass is 127. The van der Waals surface area contributed by atoms with Gasteiger partial charge in [-0.1, -0.05) is 49.6 Å². The maximum atomic E-state index is 6.26. The molecule has 0 aromatic heterocycles. The molecule has 1 aromatic rings. The third-order valence-electron chi connectivity index (χ3n) is 5.33. The maximum Gasteiger partial charge on any atom is 0.189 e. The van der Waals surface area contributed by atoms with Gasteiger partial charge in [0.1, 0.15) is 0 Å². The Morgan fingerprint density at radius 1 is 1.08 bits per heavy atom. The highest BCUT2D eigenvalue weighted by Crippen LogP contribution is 2.28. The van der Waals surface area contributed by atoms with Crippen LogP contribution in [0.5, 0.6) is 0 Å². The summed E-state index contributed by atoms with van der Waals surface area (Å²) in [7, 11) is 0. The van der Waals surface area contributed by atoms with Gasteiger partial charge in [0.2, 0.25) is 0 Å². The number of hydrogen-bond acceptors (Lipinski definition) is 2. The molecule has 5 heteroatoms. The Labute approximate surface area is 169 Å². The molecule has 3 rings (SSSR count). The van der Waals surface area contributed by atoms with Gasteiger partial charge in [-0.3, -0.25) is 4.99 Å². The molecule has 2 fully saturated rings. The fourth-order valence-electron chi connectivity index (χ4n) is 3.90. The fourth-order valence-corrected chi connectivity index (χ4v) is 3.90. The van der Waals surface area contributed by atoms with E-state index >= 15 is 0 Å². The highest BCUT2D eigenvalue weighted by molar-refractivity contribution is 14.0. The predicted molar refractivity (Wildman–Crippen MR) is 114 cm³/mol. The first-order valence-corrected chi connectivity index (χ1v) is 9.54. The Balaban J connectivity index is 0.00000225. The molecule has 2 aliphatic rings. The first kappa shape index (κ1) is 20.5. The van der Waals surface area contributed by atoms with Gasteiger partial charge in [-0.2, -0.15) is 0 Å². The van der Waals surface area contributed by atoms with Gasteiger partial charge >= 0.3 is 0 Å². The summed E-state index contributed by atoms with van der Waals surface area (Å²) in [4.78, 5) is 4.75. The van der Waals surface area contributed by atoms with Crippen LogP contribution in [0.3, 0.4) is 0 Å². The standard InChI is InChI=1S/C20H31N3O.HI/c21-20(22-18-9-5-2-6-10-18)23-19(17-7-3-1-4-8-17)15-16-11-13-24-14-12-16;/h1,3-4,7-8,16,18-19H,2,5-6,9-15H2,(H3,21,22,23);1H. The zero-order valence-electron chi connectivity index (χ0n) is 15.0. The molecule has 4 nitrogen and oxygen atoms in total. The molecule has 0 spiro atoms. The quantitative estimate of drug-likeness (QED) is 0.392. The number of guanidine groups is 1. The van der Waals surface area contributed by atoms with Crippen molar-refractivity contribution >= 4 is 29.9 Å². The van der Waals surface area contributed by atoms with Crippen LogP contribution in [0.15, 0.2) is 35.3 Å². The molecule has 1 unspecified atom stereocenters. The minimum absolute atomic E-state index is 0. The Hall–Kier alpha value is -0.820. The zero-order valence-corrected chi connectivity index (χ0v) is 17.4. The van der Waals surface area contributed by atoms with Crippen molar-refractivity contribution in [1.29, 1.82) is 0 Å². The first-order valence-electron chi connectivity index (χ1n) is 9.54. The molecule has 25 heavy (non-hydrogen) atoms. The highest BCUT2D eigenvalue weighted by Gasteiger charge is 2.21. The number of aliphatic imine (C=N–C) groups is 1. The average Bonchev–Trinajstić information content (AvgIpc) is 2.63. The summed E-state index contributed by atoms with van der Waals surface area (Å²) in [5.74, 6) is 1.31. The van der Waals surface area contributed by atoms with E-state index in [1.807, 2.05) is 0 Å². The van der Waals surface area contributed by atoms with Gasteiger partial charge in [0.05, 0.1) is 12.1 Å². The number of nitrogens with zero attached hydrogens (tertiary/aromatic N) is 1. The minimum atomic E-state index is 0. The normalized spacial score (nSPS) is 21.4. The van der Waals surface area contributed by atoms with Gasteiger partial charge in [0.15, 0.2) is 5.96 Å². The van der Waals surface area contributed by atoms with E-state index in [0.717, 1.165) is 32.5 Å². The summed E-state index contributed by atoms with van der Waals surface area (Å²) in [6.07, 6.45) is 9.65. The summed E-state index contributed by atoms with van der Waals surface area (Å²) >= 11 is 0. The Morgan fingerprint density at radius 2 is 1.76 bits per heavy atom. The maximum absolute atomic E-state index is 6.26. The summed E-state index contributed by atoms with van der Waals surface area (Å²) < 4.78 is 5.50. The molecule has 3 N–H and O–H groups in total. The monoisotopic (exact) mass is 457 g/mol. The van der Waals surface area contributed by atoms with E-state index in [9.17, 15) is 0 Å². The Bertz CT molecular complexity index is 511. The molecule has 0 radical (unpaired) electrons. The lowest BCUT2D eigenvalue weighted by Crippen LogP contribution is -2.37. The molecule has 0 amide bonds. The molecular formula is C20H32IN3O. The van der Waals surface area contributed by atoms with Crippen LogP contribution in [0.25, 0.3) is 0 Å². The second-order valence-corrected chi connectivity index (χ2v) is 7.21. The van der Waals surface area contributed by atoms with Gasteiger partial charge < -0.3 is 15.8 Å². The lowest BCUT2D eigenvalue weighted by atomic mass is 9.89. The van der Waals surface area contributed by atoms with Crippen LogP contribution in [0.2, 0.25) is 0 Å².